The Hall–Kier alpha value is -0.690. The van der Waals surface area contributed by atoms with Gasteiger partial charge in [0.05, 0.1) is 5.54 Å². The van der Waals surface area contributed by atoms with E-state index in [0.717, 1.165) is 58.5 Å². The summed E-state index contributed by atoms with van der Waals surface area (Å²) in [5.41, 5.74) is 10.7. The summed E-state index contributed by atoms with van der Waals surface area (Å²) >= 11 is 0. The van der Waals surface area contributed by atoms with Crippen LogP contribution in [0, 0.1) is 0 Å². The van der Waals surface area contributed by atoms with Gasteiger partial charge >= 0.3 is 0 Å². The molecule has 2 aliphatic rings. The first-order chi connectivity index (χ1) is 9.40. The highest BCUT2D eigenvalue weighted by Crippen LogP contribution is 2.31. The van der Waals surface area contributed by atoms with Gasteiger partial charge in [0.15, 0.2) is 0 Å². The lowest BCUT2D eigenvalue weighted by atomic mass is 9.98. The Morgan fingerprint density at radius 1 is 1.30 bits per heavy atom. The Balaban J connectivity index is 1.76. The van der Waals surface area contributed by atoms with Crippen molar-refractivity contribution in [3.05, 3.63) is 0 Å². The molecule has 116 valence electrons. The van der Waals surface area contributed by atoms with Crippen LogP contribution in [0.15, 0.2) is 0 Å². The first kappa shape index (κ1) is 15.7. The largest absolute Gasteiger partial charge is 0.368 e. The van der Waals surface area contributed by atoms with E-state index in [9.17, 15) is 4.79 Å². The Morgan fingerprint density at radius 2 is 1.95 bits per heavy atom. The van der Waals surface area contributed by atoms with Gasteiger partial charge in [0, 0.05) is 45.3 Å². The third kappa shape index (κ3) is 3.69. The Kier molecular flexibility index (Phi) is 5.01. The molecule has 1 saturated carbocycles. The van der Waals surface area contributed by atoms with E-state index in [1.54, 1.807) is 0 Å². The molecule has 1 aliphatic heterocycles. The van der Waals surface area contributed by atoms with Crippen LogP contribution in [-0.4, -0.2) is 85.6 Å². The van der Waals surface area contributed by atoms with E-state index in [4.69, 9.17) is 11.5 Å². The summed E-state index contributed by atoms with van der Waals surface area (Å²) < 4.78 is 0. The molecule has 1 aliphatic carbocycles. The number of carbonyl (C=O) groups excluding carboxylic acids is 1. The van der Waals surface area contributed by atoms with Crippen LogP contribution in [0.5, 0.6) is 0 Å². The van der Waals surface area contributed by atoms with Gasteiger partial charge in [0.2, 0.25) is 5.91 Å². The lowest BCUT2D eigenvalue weighted by molar-refractivity contribution is -0.123. The molecule has 0 radical (unpaired) electrons. The highest BCUT2D eigenvalue weighted by molar-refractivity contribution is 5.84. The van der Waals surface area contributed by atoms with Gasteiger partial charge < -0.3 is 16.4 Å². The molecule has 0 spiro atoms. The van der Waals surface area contributed by atoms with Crippen LogP contribution < -0.4 is 11.5 Å². The second-order valence-corrected chi connectivity index (χ2v) is 6.60. The maximum Gasteiger partial charge on any atom is 0.237 e. The molecule has 2 atom stereocenters. The minimum Gasteiger partial charge on any atom is -0.368 e. The average Bonchev–Trinajstić information content (AvgIpc) is 2.81. The van der Waals surface area contributed by atoms with Crippen LogP contribution in [0.25, 0.3) is 0 Å². The number of likely N-dealkylation sites (N-methyl/N-ethyl adjacent to an activating group) is 1. The maximum atomic E-state index is 11.4. The van der Waals surface area contributed by atoms with Crippen molar-refractivity contribution < 1.29 is 4.79 Å². The fraction of sp³-hybridized carbons (Fsp3) is 0.929. The first-order valence-electron chi connectivity index (χ1n) is 7.61. The van der Waals surface area contributed by atoms with Gasteiger partial charge in [-0.05, 0) is 33.4 Å². The molecule has 2 unspecified atom stereocenters. The van der Waals surface area contributed by atoms with Crippen LogP contribution >= 0.6 is 0 Å². The van der Waals surface area contributed by atoms with E-state index in [1.807, 2.05) is 0 Å². The predicted octanol–water partition coefficient (Wildman–Crippen LogP) is -1.10. The van der Waals surface area contributed by atoms with Crippen molar-refractivity contribution >= 4 is 5.91 Å². The highest BCUT2D eigenvalue weighted by atomic mass is 16.1. The molecule has 1 saturated heterocycles. The summed E-state index contributed by atoms with van der Waals surface area (Å²) in [4.78, 5) is 18.6. The minimum atomic E-state index is -0.771. The smallest absolute Gasteiger partial charge is 0.237 e. The van der Waals surface area contributed by atoms with Crippen LogP contribution in [-0.2, 0) is 4.79 Å². The number of nitrogens with two attached hydrogens (primary N) is 2. The zero-order valence-corrected chi connectivity index (χ0v) is 12.8. The van der Waals surface area contributed by atoms with E-state index in [-0.39, 0.29) is 5.91 Å². The normalized spacial score (nSPS) is 32.9. The minimum absolute atomic E-state index is 0.343. The van der Waals surface area contributed by atoms with Gasteiger partial charge in [-0.25, -0.2) is 0 Å². The summed E-state index contributed by atoms with van der Waals surface area (Å²) in [6, 6.07) is 0.434. The number of hydrogen-bond acceptors (Lipinski definition) is 5. The lowest BCUT2D eigenvalue weighted by Crippen LogP contribution is -2.54. The van der Waals surface area contributed by atoms with Crippen molar-refractivity contribution in [1.29, 1.82) is 0 Å². The molecule has 0 aromatic rings. The van der Waals surface area contributed by atoms with E-state index in [1.165, 1.54) is 0 Å². The van der Waals surface area contributed by atoms with Crippen LogP contribution in [0.1, 0.15) is 19.3 Å². The van der Waals surface area contributed by atoms with E-state index < -0.39 is 5.54 Å². The molecule has 4 N–H and O–H groups in total. The topological polar surface area (TPSA) is 78.8 Å². The van der Waals surface area contributed by atoms with Crippen molar-refractivity contribution in [2.24, 2.45) is 11.5 Å². The third-order valence-electron chi connectivity index (χ3n) is 4.80. The predicted molar refractivity (Wildman–Crippen MR) is 80.3 cm³/mol. The molecule has 20 heavy (non-hydrogen) atoms. The Bertz CT molecular complexity index is 340. The number of amides is 1. The molecule has 6 heteroatoms. The molecule has 2 rings (SSSR count). The molecular weight excluding hydrogens is 254 g/mol. The number of carbonyl (C=O) groups is 1. The fourth-order valence-electron chi connectivity index (χ4n) is 3.28. The van der Waals surface area contributed by atoms with Gasteiger partial charge in [-0.2, -0.15) is 0 Å². The summed E-state index contributed by atoms with van der Waals surface area (Å²) in [5.74, 6) is -0.343. The zero-order valence-electron chi connectivity index (χ0n) is 12.8. The van der Waals surface area contributed by atoms with Crippen molar-refractivity contribution in [3.63, 3.8) is 0 Å². The Morgan fingerprint density at radius 3 is 2.45 bits per heavy atom. The van der Waals surface area contributed by atoms with Gasteiger partial charge in [-0.3, -0.25) is 14.6 Å². The standard InChI is InChI=1S/C14H29N5O/c1-17(2)5-6-18-7-9-19(10-8-18)12-3-4-14(16,11-12)13(15)20/h12H,3-11,16H2,1-2H3,(H2,15,20). The first-order valence-corrected chi connectivity index (χ1v) is 7.61. The zero-order chi connectivity index (χ0) is 14.8. The summed E-state index contributed by atoms with van der Waals surface area (Å²) in [6.45, 7) is 6.61. The highest BCUT2D eigenvalue weighted by Gasteiger charge is 2.42. The van der Waals surface area contributed by atoms with Crippen LogP contribution in [0.3, 0.4) is 0 Å². The van der Waals surface area contributed by atoms with Crippen molar-refractivity contribution in [2.75, 3.05) is 53.4 Å². The van der Waals surface area contributed by atoms with Crippen molar-refractivity contribution in [3.8, 4) is 0 Å². The molecule has 0 aromatic heterocycles. The number of piperazine rings is 1. The fourth-order valence-corrected chi connectivity index (χ4v) is 3.28. The summed E-state index contributed by atoms with van der Waals surface area (Å²) in [5, 5.41) is 0. The monoisotopic (exact) mass is 283 g/mol. The molecule has 0 bridgehead atoms. The Labute approximate surface area is 122 Å². The number of nitrogens with zero attached hydrogens (tertiary/aromatic N) is 3. The van der Waals surface area contributed by atoms with Gasteiger partial charge in [-0.15, -0.1) is 0 Å². The number of rotatable bonds is 5. The second-order valence-electron chi connectivity index (χ2n) is 6.60. The lowest BCUT2D eigenvalue weighted by Gasteiger charge is -2.38. The quantitative estimate of drug-likeness (QED) is 0.670. The van der Waals surface area contributed by atoms with Crippen LogP contribution in [0.4, 0.5) is 0 Å². The van der Waals surface area contributed by atoms with E-state index in [2.05, 4.69) is 28.8 Å². The molecule has 0 aromatic carbocycles. The molecular formula is C14H29N5O. The van der Waals surface area contributed by atoms with Crippen molar-refractivity contribution in [1.82, 2.24) is 14.7 Å². The van der Waals surface area contributed by atoms with Gasteiger partial charge in [-0.1, -0.05) is 0 Å². The molecule has 1 heterocycles. The van der Waals surface area contributed by atoms with E-state index >= 15 is 0 Å². The summed E-state index contributed by atoms with van der Waals surface area (Å²) in [7, 11) is 4.22. The summed E-state index contributed by atoms with van der Waals surface area (Å²) in [6.07, 6.45) is 2.45. The molecule has 6 nitrogen and oxygen atoms in total. The SMILES string of the molecule is CN(C)CCN1CCN(C2CCC(N)(C(N)=O)C2)CC1. The van der Waals surface area contributed by atoms with Gasteiger partial charge in [0.1, 0.15) is 0 Å². The average molecular weight is 283 g/mol. The number of hydrogen-bond donors (Lipinski definition) is 2. The van der Waals surface area contributed by atoms with Crippen molar-refractivity contribution in [2.45, 2.75) is 30.8 Å². The second kappa shape index (κ2) is 6.39. The number of primary amides is 1. The van der Waals surface area contributed by atoms with Crippen LogP contribution in [0.2, 0.25) is 0 Å². The third-order valence-corrected chi connectivity index (χ3v) is 4.80. The van der Waals surface area contributed by atoms with E-state index in [0.29, 0.717) is 6.04 Å². The van der Waals surface area contributed by atoms with Gasteiger partial charge in [0.25, 0.3) is 0 Å². The molecule has 2 fully saturated rings. The molecule has 1 amide bonds. The maximum absolute atomic E-state index is 11.4.